The highest BCUT2D eigenvalue weighted by atomic mass is 79.9. The molecule has 0 radical (unpaired) electrons. The molecule has 6 aliphatic rings. The van der Waals surface area contributed by atoms with Crippen molar-refractivity contribution in [2.24, 2.45) is 0 Å². The molecule has 8 aromatic rings. The van der Waals surface area contributed by atoms with Gasteiger partial charge in [0.25, 0.3) is 0 Å². The molecule has 2 aliphatic carbocycles. The number of benzene rings is 2. The minimum Gasteiger partial charge on any atom is -0.378 e. The van der Waals surface area contributed by atoms with E-state index in [-0.39, 0.29) is 11.6 Å². The molecule has 0 amide bonds. The van der Waals surface area contributed by atoms with Crippen molar-refractivity contribution in [3.05, 3.63) is 121 Å². The van der Waals surface area contributed by atoms with Gasteiger partial charge in [0.15, 0.2) is 10.3 Å². The quantitative estimate of drug-likeness (QED) is 0.131. The van der Waals surface area contributed by atoms with Crippen LogP contribution in [0.3, 0.4) is 0 Å². The van der Waals surface area contributed by atoms with Crippen molar-refractivity contribution in [2.45, 2.75) is 63.5 Å². The summed E-state index contributed by atoms with van der Waals surface area (Å²) in [5.41, 5.74) is 12.3. The summed E-state index contributed by atoms with van der Waals surface area (Å²) in [6.07, 6.45) is 4.53. The van der Waals surface area contributed by atoms with Gasteiger partial charge in [-0.1, -0.05) is 38.6 Å². The third-order valence-electron chi connectivity index (χ3n) is 15.7. The monoisotopic (exact) mass is 1170 g/mol. The number of piperazine rings is 2. The van der Waals surface area contributed by atoms with Gasteiger partial charge in [-0.25, -0.2) is 27.8 Å². The summed E-state index contributed by atoms with van der Waals surface area (Å²) in [4.78, 5) is 22.3. The van der Waals surface area contributed by atoms with Crippen LogP contribution in [0.5, 0.6) is 0 Å². The second kappa shape index (κ2) is 22.6. The summed E-state index contributed by atoms with van der Waals surface area (Å²) in [7, 11) is 3.98. The average molecular weight is 1170 g/mol. The largest absolute Gasteiger partial charge is 0.378 e. The molecule has 10 heterocycles. The molecule has 6 fully saturated rings. The van der Waals surface area contributed by atoms with E-state index >= 15 is 0 Å². The second-order valence-electron chi connectivity index (χ2n) is 21.2. The van der Waals surface area contributed by atoms with Crippen molar-refractivity contribution < 1.29 is 18.3 Å². The Kier molecular flexibility index (Phi) is 15.2. The summed E-state index contributed by atoms with van der Waals surface area (Å²) in [5.74, 6) is 0.263. The first-order valence-electron chi connectivity index (χ1n) is 27.1. The molecule has 6 aromatic heterocycles. The molecule has 1 N–H and O–H groups in total. The SMILES string of the molecule is C1CN(C2COC2)CCN1.Cc1cc(Br)cc2c(N(C)c3nc(-c4ccc(F)cc4)c(C#N)s3)c(C3CC3)nn12.Cc1cc(N2CCN(C3COC3)CC2)cc2c(N(C)c3nc(-c4ccc(F)cc4)c(C#N)s3)c(C3CC3)nn12. The predicted molar refractivity (Wildman–Crippen MR) is 310 cm³/mol. The van der Waals surface area contributed by atoms with Crippen LogP contribution < -0.4 is 20.0 Å². The zero-order valence-corrected chi connectivity index (χ0v) is 47.9. The van der Waals surface area contributed by atoms with Crippen LogP contribution in [-0.2, 0) is 9.47 Å². The van der Waals surface area contributed by atoms with Gasteiger partial charge in [-0.15, -0.1) is 0 Å². The van der Waals surface area contributed by atoms with Crippen molar-refractivity contribution in [3.63, 3.8) is 0 Å². The third-order valence-corrected chi connectivity index (χ3v) is 18.3. The van der Waals surface area contributed by atoms with Crippen molar-refractivity contribution in [3.8, 4) is 34.7 Å². The van der Waals surface area contributed by atoms with Gasteiger partial charge in [0.2, 0.25) is 0 Å². The Morgan fingerprint density at radius 1 is 0.620 bits per heavy atom. The number of anilines is 5. The van der Waals surface area contributed by atoms with E-state index in [0.29, 0.717) is 44.2 Å². The van der Waals surface area contributed by atoms with Gasteiger partial charge < -0.3 is 29.5 Å². The molecule has 21 heteroatoms. The van der Waals surface area contributed by atoms with Gasteiger partial charge in [-0.2, -0.15) is 20.7 Å². The zero-order valence-electron chi connectivity index (χ0n) is 44.6. The predicted octanol–water partition coefficient (Wildman–Crippen LogP) is 10.4. The lowest BCUT2D eigenvalue weighted by Crippen LogP contribution is -2.56. The molecular weight excluding hydrogens is 1110 g/mol. The van der Waals surface area contributed by atoms with E-state index in [1.807, 2.05) is 36.5 Å². The molecule has 408 valence electrons. The van der Waals surface area contributed by atoms with Crippen LogP contribution in [-0.4, -0.2) is 144 Å². The number of thiazole rings is 2. The van der Waals surface area contributed by atoms with E-state index in [0.717, 1.165) is 163 Å². The summed E-state index contributed by atoms with van der Waals surface area (Å²) in [6, 6.07) is 26.7. The highest BCUT2D eigenvalue weighted by Gasteiger charge is 2.36. The molecule has 0 bridgehead atoms. The first kappa shape index (κ1) is 53.3. The van der Waals surface area contributed by atoms with E-state index in [1.165, 1.54) is 65.7 Å². The number of fused-ring (bicyclic) bond motifs is 2. The van der Waals surface area contributed by atoms with Gasteiger partial charge in [0.1, 0.15) is 44.9 Å². The van der Waals surface area contributed by atoms with E-state index in [1.54, 1.807) is 24.3 Å². The Morgan fingerprint density at radius 3 is 1.49 bits per heavy atom. The molecule has 79 heavy (non-hydrogen) atoms. The molecule has 0 spiro atoms. The maximum absolute atomic E-state index is 13.5. The number of aryl methyl sites for hydroxylation is 2. The normalized spacial score (nSPS) is 18.0. The molecular formula is C58H61BrF2N14O2S2. The fourth-order valence-electron chi connectivity index (χ4n) is 10.8. The maximum Gasteiger partial charge on any atom is 0.191 e. The third kappa shape index (κ3) is 11.0. The van der Waals surface area contributed by atoms with Crippen molar-refractivity contribution in [1.82, 2.24) is 44.3 Å². The number of aromatic nitrogens is 6. The molecule has 16 nitrogen and oxygen atoms in total. The smallest absolute Gasteiger partial charge is 0.191 e. The van der Waals surface area contributed by atoms with E-state index in [2.05, 4.69) is 82.6 Å². The Bertz CT molecular complexity index is 3600. The lowest BCUT2D eigenvalue weighted by molar-refractivity contribution is -0.0677. The fraction of sp³-hybridized carbons (Fsp3) is 0.414. The summed E-state index contributed by atoms with van der Waals surface area (Å²) in [6.45, 7) is 16.5. The minimum absolute atomic E-state index is 0.310. The number of nitriles is 2. The Hall–Kier alpha value is -6.40. The lowest BCUT2D eigenvalue weighted by atomic mass is 10.1. The van der Waals surface area contributed by atoms with E-state index < -0.39 is 0 Å². The first-order valence-corrected chi connectivity index (χ1v) is 29.5. The number of ether oxygens (including phenoxy) is 2. The van der Waals surface area contributed by atoms with Gasteiger partial charge in [-0.3, -0.25) is 9.80 Å². The minimum atomic E-state index is -0.314. The molecule has 2 aromatic carbocycles. The van der Waals surface area contributed by atoms with Gasteiger partial charge in [0.05, 0.1) is 72.3 Å². The van der Waals surface area contributed by atoms with Crippen LogP contribution >= 0.6 is 38.6 Å². The number of hydrogen-bond donors (Lipinski definition) is 1. The summed E-state index contributed by atoms with van der Waals surface area (Å²) >= 11 is 6.29. The zero-order chi connectivity index (χ0) is 54.5. The molecule has 0 unspecified atom stereocenters. The summed E-state index contributed by atoms with van der Waals surface area (Å²) < 4.78 is 42.4. The number of rotatable bonds is 11. The van der Waals surface area contributed by atoms with E-state index in [9.17, 15) is 19.3 Å². The Labute approximate surface area is 474 Å². The van der Waals surface area contributed by atoms with Crippen LogP contribution in [0.1, 0.15) is 70.0 Å². The highest BCUT2D eigenvalue weighted by Crippen LogP contribution is 2.49. The molecule has 0 atom stereocenters. The number of halogens is 3. The van der Waals surface area contributed by atoms with Crippen LogP contribution in [0.4, 0.5) is 36.1 Å². The van der Waals surface area contributed by atoms with Gasteiger partial charge in [0, 0.05) is 111 Å². The molecule has 14 rings (SSSR count). The molecule has 2 saturated carbocycles. The topological polar surface area (TPSA) is 155 Å². The van der Waals surface area contributed by atoms with Crippen LogP contribution in [0, 0.1) is 48.1 Å². The van der Waals surface area contributed by atoms with Crippen LogP contribution in [0.2, 0.25) is 0 Å². The summed E-state index contributed by atoms with van der Waals surface area (Å²) in [5, 5.41) is 34.3. The Balaban J connectivity index is 0.000000137. The maximum atomic E-state index is 13.5. The fourth-order valence-corrected chi connectivity index (χ4v) is 13.1. The standard InChI is InChI=1S/C29H30FN7OS.C22H17BrFN5S.C7H14N2O/c1-18-13-22(35-9-11-36(12-10-35)23-16-38-17-23)14-24-28(27(20-3-4-20)33-37(18)24)34(2)29-32-26(25(15-31)39-29)19-5-7-21(30)8-6-19;1-12-9-15(23)10-17-21(20(14-3-4-14)27-29(12)17)28(2)22-26-19(18(11-25)30-22)13-5-7-16(24)8-6-13;1-3-9(4-2-8-1)7-5-10-6-7/h5-8,13-14,20,23H,3-4,9-12,16-17H2,1-2H3;5-10,14H,3-4H2,1-2H3;7-8H,1-6H2. The van der Waals surface area contributed by atoms with Crippen molar-refractivity contribution in [1.29, 1.82) is 10.5 Å². The molecule has 4 aliphatic heterocycles. The first-order chi connectivity index (χ1) is 38.4. The average Bonchev–Trinajstić information content (AvgIpc) is 4.49. The molecule has 4 saturated heterocycles. The lowest BCUT2D eigenvalue weighted by Gasteiger charge is -2.43. The van der Waals surface area contributed by atoms with Gasteiger partial charge >= 0.3 is 0 Å². The van der Waals surface area contributed by atoms with E-state index in [4.69, 9.17) is 29.6 Å². The van der Waals surface area contributed by atoms with Crippen molar-refractivity contribution >= 4 is 77.0 Å². The second-order valence-corrected chi connectivity index (χ2v) is 24.0. The number of nitrogens with one attached hydrogen (secondary N) is 1. The Morgan fingerprint density at radius 2 is 1.06 bits per heavy atom. The number of pyridine rings is 2. The van der Waals surface area contributed by atoms with Crippen molar-refractivity contribution in [2.75, 3.05) is 108 Å². The van der Waals surface area contributed by atoms with Crippen LogP contribution in [0.25, 0.3) is 33.5 Å². The van der Waals surface area contributed by atoms with Crippen LogP contribution in [0.15, 0.2) is 77.3 Å². The highest BCUT2D eigenvalue weighted by molar-refractivity contribution is 9.10. The number of nitrogens with zero attached hydrogens (tertiary/aromatic N) is 13. The van der Waals surface area contributed by atoms with Gasteiger partial charge in [-0.05, 0) is 112 Å². The number of hydrogen-bond acceptors (Lipinski definition) is 16.